The second kappa shape index (κ2) is 19.3. The Bertz CT molecular complexity index is 390. The smallest absolute Gasteiger partial charge is 0.407 e. The van der Waals surface area contributed by atoms with Crippen LogP contribution >= 0.6 is 0 Å². The fourth-order valence-corrected chi connectivity index (χ4v) is 1.59. The van der Waals surface area contributed by atoms with Gasteiger partial charge >= 0.3 is 6.09 Å². The number of nitrogens with one attached hydrogen (secondary N) is 1. The van der Waals surface area contributed by atoms with E-state index in [2.05, 4.69) is 23.7 Å². The van der Waals surface area contributed by atoms with Gasteiger partial charge in [0.15, 0.2) is 0 Å². The normalized spacial score (nSPS) is 10.7. The molecule has 0 bridgehead atoms. The molecular weight excluding hydrogens is 274 g/mol. The average molecular weight is 309 g/mol. The summed E-state index contributed by atoms with van der Waals surface area (Å²) in [6.07, 6.45) is 11.0. The Hall–Kier alpha value is -1.69. The second-order valence-electron chi connectivity index (χ2n) is 4.24. The van der Waals surface area contributed by atoms with Crippen LogP contribution < -0.4 is 5.32 Å². The summed E-state index contributed by atoms with van der Waals surface area (Å²) < 4.78 is 5.05. The molecular formula is C19H35NO2. The third kappa shape index (κ3) is 14.7. The van der Waals surface area contributed by atoms with Gasteiger partial charge in [-0.25, -0.2) is 4.79 Å². The van der Waals surface area contributed by atoms with Crippen molar-refractivity contribution in [1.29, 1.82) is 0 Å². The number of unbranched alkanes of at least 4 members (excludes halogenated alkanes) is 4. The second-order valence-corrected chi connectivity index (χ2v) is 4.24. The molecule has 0 aromatic heterocycles. The molecule has 0 fully saturated rings. The lowest BCUT2D eigenvalue weighted by Crippen LogP contribution is -2.25. The van der Waals surface area contributed by atoms with Crippen molar-refractivity contribution in [3.8, 4) is 0 Å². The van der Waals surface area contributed by atoms with Crippen molar-refractivity contribution in [1.82, 2.24) is 5.32 Å². The highest BCUT2D eigenvalue weighted by molar-refractivity contribution is 5.67. The van der Waals surface area contributed by atoms with Crippen LogP contribution in [0.4, 0.5) is 4.79 Å². The van der Waals surface area contributed by atoms with Crippen molar-refractivity contribution in [2.45, 2.75) is 66.7 Å². The summed E-state index contributed by atoms with van der Waals surface area (Å²) in [4.78, 5) is 11.3. The zero-order valence-electron chi connectivity index (χ0n) is 15.0. The van der Waals surface area contributed by atoms with Crippen molar-refractivity contribution in [3.63, 3.8) is 0 Å². The van der Waals surface area contributed by atoms with Gasteiger partial charge in [0.25, 0.3) is 0 Å². The lowest BCUT2D eigenvalue weighted by Gasteiger charge is -2.06. The van der Waals surface area contributed by atoms with Gasteiger partial charge in [0.2, 0.25) is 0 Å². The number of amides is 1. The van der Waals surface area contributed by atoms with Crippen LogP contribution in [0.1, 0.15) is 68.1 Å². The molecule has 128 valence electrons. The van der Waals surface area contributed by atoms with Crippen LogP contribution in [0.2, 0.25) is 0 Å². The van der Waals surface area contributed by atoms with E-state index < -0.39 is 0 Å². The lowest BCUT2D eigenvalue weighted by molar-refractivity contribution is 0.156. The van der Waals surface area contributed by atoms with Crippen LogP contribution in [0.15, 0.2) is 35.3 Å². The van der Waals surface area contributed by atoms with Crippen LogP contribution in [0, 0.1) is 0 Å². The Morgan fingerprint density at radius 3 is 2.45 bits per heavy atom. The van der Waals surface area contributed by atoms with E-state index in [1.165, 1.54) is 19.3 Å². The summed E-state index contributed by atoms with van der Waals surface area (Å²) in [5, 5.41) is 2.74. The average Bonchev–Trinajstić information content (AvgIpc) is 2.60. The number of allylic oxidation sites excluding steroid dienone is 2. The molecule has 0 atom stereocenters. The molecule has 0 aromatic carbocycles. The third-order valence-electron chi connectivity index (χ3n) is 2.62. The first-order chi connectivity index (χ1) is 10.8. The first-order valence-corrected chi connectivity index (χ1v) is 8.61. The summed E-state index contributed by atoms with van der Waals surface area (Å²) in [6.45, 7) is 11.1. The predicted octanol–water partition coefficient (Wildman–Crippen LogP) is 5.79. The molecule has 3 heteroatoms. The molecule has 0 unspecified atom stereocenters. The maximum Gasteiger partial charge on any atom is 0.407 e. The van der Waals surface area contributed by atoms with E-state index in [9.17, 15) is 4.79 Å². The van der Waals surface area contributed by atoms with Crippen molar-refractivity contribution < 1.29 is 11.0 Å². The number of hydrogen-bond donors (Lipinski definition) is 1. The Morgan fingerprint density at radius 1 is 1.18 bits per heavy atom. The zero-order valence-corrected chi connectivity index (χ0v) is 15.0. The number of ether oxygens (including phenoxy) is 1. The van der Waals surface area contributed by atoms with Crippen molar-refractivity contribution in [3.05, 3.63) is 35.3 Å². The number of carbonyl (C=O) groups excluding carboxylic acids is 1. The number of alkyl carbamates (subject to hydrolysis) is 1. The monoisotopic (exact) mass is 309 g/mol. The molecule has 1 aliphatic carbocycles. The lowest BCUT2D eigenvalue weighted by atomic mass is 10.1. The minimum absolute atomic E-state index is 0. The molecule has 0 heterocycles. The molecule has 0 saturated heterocycles. The first-order valence-electron chi connectivity index (χ1n) is 8.61. The summed E-state index contributed by atoms with van der Waals surface area (Å²) in [5.41, 5.74) is 6.53. The molecule has 1 rings (SSSR count). The van der Waals surface area contributed by atoms with Gasteiger partial charge in [-0.2, -0.15) is 0 Å². The van der Waals surface area contributed by atoms with Crippen LogP contribution in [0.5, 0.6) is 0 Å². The van der Waals surface area contributed by atoms with Crippen molar-refractivity contribution in [2.75, 3.05) is 13.2 Å². The minimum atomic E-state index is -0.359. The maximum absolute atomic E-state index is 11.3. The van der Waals surface area contributed by atoms with Crippen LogP contribution in [0.25, 0.3) is 0 Å². The topological polar surface area (TPSA) is 38.3 Å². The van der Waals surface area contributed by atoms with E-state index in [4.69, 9.17) is 4.74 Å². The Morgan fingerprint density at radius 2 is 1.86 bits per heavy atom. The fourth-order valence-electron chi connectivity index (χ4n) is 1.59. The largest absolute Gasteiger partial charge is 0.444 e. The molecule has 0 spiro atoms. The number of carbonyl (C=O) groups is 1. The predicted molar refractivity (Wildman–Crippen MR) is 97.2 cm³/mol. The van der Waals surface area contributed by atoms with E-state index in [0.29, 0.717) is 6.54 Å². The standard InChI is InChI=1S/C15H21NO2.2C2H6.H2/c1-2-3-4-5-9-12-16-15(17)18-13-14-10-7-6-8-11-14;2*1-2;/h6-7,10H,2-5,9,12-13H2,1H3,(H,16,17);2*1-2H3;1H. The fraction of sp³-hybridized carbons (Fsp3) is 0.632. The highest BCUT2D eigenvalue weighted by atomic mass is 16.5. The van der Waals surface area contributed by atoms with Gasteiger partial charge in [0, 0.05) is 13.5 Å². The highest BCUT2D eigenvalue weighted by Crippen LogP contribution is 2.02. The minimum Gasteiger partial charge on any atom is -0.444 e. The van der Waals surface area contributed by atoms with E-state index in [1.54, 1.807) is 6.08 Å². The highest BCUT2D eigenvalue weighted by Gasteiger charge is 2.02. The van der Waals surface area contributed by atoms with E-state index >= 15 is 0 Å². The van der Waals surface area contributed by atoms with E-state index in [0.717, 1.165) is 18.4 Å². The van der Waals surface area contributed by atoms with Crippen LogP contribution in [0.3, 0.4) is 0 Å². The van der Waals surface area contributed by atoms with Gasteiger partial charge in [0.05, 0.1) is 0 Å². The quantitative estimate of drug-likeness (QED) is 0.455. The summed E-state index contributed by atoms with van der Waals surface area (Å²) >= 11 is 0. The number of rotatable bonds is 8. The summed E-state index contributed by atoms with van der Waals surface area (Å²) in [5.74, 6) is 0. The van der Waals surface area contributed by atoms with Gasteiger partial charge in [-0.15, -0.1) is 0 Å². The SMILES string of the molecule is CC.CC.CCCCCCCNC(=O)OCC1=C=C=CC=C1.[HH]. The Kier molecular flexibility index (Phi) is 19.8. The van der Waals surface area contributed by atoms with Gasteiger partial charge in [-0.3, -0.25) is 0 Å². The first kappa shape index (κ1) is 22.6. The Labute approximate surface area is 138 Å². The summed E-state index contributed by atoms with van der Waals surface area (Å²) in [7, 11) is 0. The number of hydrogen-bond acceptors (Lipinski definition) is 2. The van der Waals surface area contributed by atoms with Crippen molar-refractivity contribution in [2.24, 2.45) is 0 Å². The third-order valence-corrected chi connectivity index (χ3v) is 2.62. The van der Waals surface area contributed by atoms with Gasteiger partial charge < -0.3 is 10.1 Å². The molecule has 3 nitrogen and oxygen atoms in total. The summed E-state index contributed by atoms with van der Waals surface area (Å²) in [6, 6.07) is 0. The van der Waals surface area contributed by atoms with E-state index in [1.807, 2.05) is 39.8 Å². The molecule has 1 N–H and O–H groups in total. The molecule has 0 saturated carbocycles. The van der Waals surface area contributed by atoms with Crippen molar-refractivity contribution >= 4 is 6.09 Å². The van der Waals surface area contributed by atoms with Crippen LogP contribution in [-0.2, 0) is 4.74 Å². The molecule has 0 radical (unpaired) electrons. The molecule has 1 amide bonds. The van der Waals surface area contributed by atoms with Gasteiger partial charge in [-0.1, -0.05) is 77.8 Å². The molecule has 0 aromatic rings. The maximum atomic E-state index is 11.3. The van der Waals surface area contributed by atoms with Crippen LogP contribution in [-0.4, -0.2) is 19.2 Å². The molecule has 0 aliphatic heterocycles. The zero-order chi connectivity index (χ0) is 17.1. The molecule has 1 aliphatic rings. The Balaban J connectivity index is -0.000000739. The van der Waals surface area contributed by atoms with Gasteiger partial charge in [0.1, 0.15) is 6.61 Å². The van der Waals surface area contributed by atoms with Gasteiger partial charge in [-0.05, 0) is 18.6 Å². The van der Waals surface area contributed by atoms with E-state index in [-0.39, 0.29) is 14.1 Å². The molecule has 22 heavy (non-hydrogen) atoms.